The second kappa shape index (κ2) is 9.33. The minimum Gasteiger partial charge on any atom is -0.468 e. The Balaban J connectivity index is 2.16. The number of carbonyl (C=O) groups is 3. The zero-order valence-electron chi connectivity index (χ0n) is 17.6. The van der Waals surface area contributed by atoms with Crippen molar-refractivity contribution in [2.24, 2.45) is 17.8 Å². The molecule has 1 aliphatic carbocycles. The topological polar surface area (TPSA) is 60.4 Å². The number of ether oxygens (including phenoxy) is 1. The average molecular weight is 410 g/mol. The van der Waals surface area contributed by atoms with E-state index in [1.165, 1.54) is 19.2 Å². The van der Waals surface area contributed by atoms with E-state index in [4.69, 9.17) is 4.74 Å². The molecule has 2 aromatic rings. The van der Waals surface area contributed by atoms with Crippen molar-refractivity contribution >= 4 is 17.5 Å². The minimum absolute atomic E-state index is 0.0807. The van der Waals surface area contributed by atoms with Crippen LogP contribution in [-0.2, 0) is 20.7 Å². The van der Waals surface area contributed by atoms with Crippen LogP contribution in [0.1, 0.15) is 54.1 Å². The number of hydrogen-bond donors (Lipinski definition) is 0. The quantitative estimate of drug-likeness (QED) is 0.391. The number of rotatable bonds is 6. The zero-order chi connectivity index (χ0) is 21.8. The third-order valence-corrected chi connectivity index (χ3v) is 5.96. The van der Waals surface area contributed by atoms with Gasteiger partial charge in [-0.25, -0.2) is 4.39 Å². The summed E-state index contributed by atoms with van der Waals surface area (Å²) in [7, 11) is 1.24. The number of methoxy groups -OCH3 is 1. The van der Waals surface area contributed by atoms with Crippen LogP contribution in [0.2, 0.25) is 0 Å². The number of esters is 1. The van der Waals surface area contributed by atoms with Gasteiger partial charge in [-0.05, 0) is 42.5 Å². The molecule has 3 unspecified atom stereocenters. The van der Waals surface area contributed by atoms with E-state index in [0.29, 0.717) is 17.5 Å². The van der Waals surface area contributed by atoms with Crippen molar-refractivity contribution < 1.29 is 23.5 Å². The van der Waals surface area contributed by atoms with Crippen LogP contribution in [0.3, 0.4) is 0 Å². The summed E-state index contributed by atoms with van der Waals surface area (Å²) in [6.07, 6.45) is 2.05. The van der Waals surface area contributed by atoms with Crippen LogP contribution in [0.15, 0.2) is 48.5 Å². The van der Waals surface area contributed by atoms with Gasteiger partial charge in [0.25, 0.3) is 0 Å². The van der Waals surface area contributed by atoms with Gasteiger partial charge in [0.2, 0.25) is 0 Å². The molecule has 2 aromatic carbocycles. The summed E-state index contributed by atoms with van der Waals surface area (Å²) in [6.45, 7) is 3.45. The molecular formula is C25H27FO4. The second-order valence-corrected chi connectivity index (χ2v) is 8.16. The molecule has 0 amide bonds. The highest BCUT2D eigenvalue weighted by molar-refractivity contribution is 6.04. The fourth-order valence-electron chi connectivity index (χ4n) is 4.43. The molecule has 0 saturated carbocycles. The average Bonchev–Trinajstić information content (AvgIpc) is 2.91. The monoisotopic (exact) mass is 410 g/mol. The standard InChI is InChI=1S/C25H27FO4/c1-15(2)23(27)22(25(29)30-3)21(17-11-13-18(26)14-12-17)20-10-6-8-16-7-4-5-9-19(16)24(20)28/h4-5,7,9,11-15,20-22H,6,8,10H2,1-3H3. The van der Waals surface area contributed by atoms with Gasteiger partial charge in [-0.15, -0.1) is 0 Å². The van der Waals surface area contributed by atoms with Gasteiger partial charge in [0.15, 0.2) is 5.78 Å². The molecular weight excluding hydrogens is 383 g/mol. The molecule has 1 aliphatic rings. The van der Waals surface area contributed by atoms with E-state index < -0.39 is 35.5 Å². The number of hydrogen-bond acceptors (Lipinski definition) is 4. The van der Waals surface area contributed by atoms with Gasteiger partial charge in [-0.1, -0.05) is 50.2 Å². The van der Waals surface area contributed by atoms with E-state index in [0.717, 1.165) is 18.4 Å². The number of benzene rings is 2. The van der Waals surface area contributed by atoms with Gasteiger partial charge in [-0.2, -0.15) is 0 Å². The van der Waals surface area contributed by atoms with Crippen LogP contribution in [0.5, 0.6) is 0 Å². The maximum atomic E-state index is 13.6. The van der Waals surface area contributed by atoms with Gasteiger partial charge in [0.05, 0.1) is 7.11 Å². The molecule has 158 valence electrons. The summed E-state index contributed by atoms with van der Waals surface area (Å²) in [6, 6.07) is 13.2. The van der Waals surface area contributed by atoms with Gasteiger partial charge < -0.3 is 4.74 Å². The Morgan fingerprint density at radius 1 is 1.07 bits per heavy atom. The molecule has 3 atom stereocenters. The van der Waals surface area contributed by atoms with Crippen molar-refractivity contribution in [3.8, 4) is 0 Å². The first kappa shape index (κ1) is 21.9. The van der Waals surface area contributed by atoms with E-state index >= 15 is 0 Å². The van der Waals surface area contributed by atoms with Gasteiger partial charge in [-0.3, -0.25) is 14.4 Å². The highest BCUT2D eigenvalue weighted by Gasteiger charge is 2.44. The molecule has 5 heteroatoms. The lowest BCUT2D eigenvalue weighted by molar-refractivity contribution is -0.151. The lowest BCUT2D eigenvalue weighted by Gasteiger charge is -2.31. The molecule has 0 spiro atoms. The van der Waals surface area contributed by atoms with E-state index in [9.17, 15) is 18.8 Å². The predicted octanol–water partition coefficient (Wildman–Crippen LogP) is 4.76. The van der Waals surface area contributed by atoms with Crippen molar-refractivity contribution in [1.82, 2.24) is 0 Å². The second-order valence-electron chi connectivity index (χ2n) is 8.16. The summed E-state index contributed by atoms with van der Waals surface area (Å²) in [5.74, 6) is -4.26. The molecule has 0 radical (unpaired) electrons. The minimum atomic E-state index is -1.13. The normalized spacial score (nSPS) is 18.3. The van der Waals surface area contributed by atoms with Crippen molar-refractivity contribution in [2.75, 3.05) is 7.11 Å². The van der Waals surface area contributed by atoms with Crippen LogP contribution >= 0.6 is 0 Å². The van der Waals surface area contributed by atoms with Crippen molar-refractivity contribution in [3.05, 3.63) is 71.0 Å². The number of ketones is 2. The summed E-state index contributed by atoms with van der Waals surface area (Å²) in [5.41, 5.74) is 2.21. The Kier molecular flexibility index (Phi) is 6.80. The maximum absolute atomic E-state index is 13.6. The Morgan fingerprint density at radius 3 is 2.37 bits per heavy atom. The van der Waals surface area contributed by atoms with Crippen LogP contribution in [-0.4, -0.2) is 24.6 Å². The maximum Gasteiger partial charge on any atom is 0.316 e. The van der Waals surface area contributed by atoms with E-state index in [1.807, 2.05) is 18.2 Å². The zero-order valence-corrected chi connectivity index (χ0v) is 17.6. The van der Waals surface area contributed by atoms with E-state index in [-0.39, 0.29) is 11.6 Å². The summed E-state index contributed by atoms with van der Waals surface area (Å²) < 4.78 is 18.6. The SMILES string of the molecule is COC(=O)C(C(=O)C(C)C)C(c1ccc(F)cc1)C1CCCc2ccccc2C1=O. The van der Waals surface area contributed by atoms with Gasteiger partial charge >= 0.3 is 5.97 Å². The fourth-order valence-corrected chi connectivity index (χ4v) is 4.43. The van der Waals surface area contributed by atoms with Gasteiger partial charge in [0.1, 0.15) is 17.5 Å². The number of fused-ring (bicyclic) bond motifs is 1. The van der Waals surface area contributed by atoms with E-state index in [1.54, 1.807) is 32.0 Å². The van der Waals surface area contributed by atoms with Crippen molar-refractivity contribution in [3.63, 3.8) is 0 Å². The molecule has 0 saturated heterocycles. The number of aryl methyl sites for hydroxylation is 1. The molecule has 0 aromatic heterocycles. The highest BCUT2D eigenvalue weighted by Crippen LogP contribution is 2.41. The summed E-state index contributed by atoms with van der Waals surface area (Å²) >= 11 is 0. The smallest absolute Gasteiger partial charge is 0.316 e. The molecule has 0 N–H and O–H groups in total. The first-order valence-corrected chi connectivity index (χ1v) is 10.3. The van der Waals surface area contributed by atoms with Crippen LogP contribution < -0.4 is 0 Å². The van der Waals surface area contributed by atoms with Crippen molar-refractivity contribution in [2.45, 2.75) is 39.0 Å². The van der Waals surface area contributed by atoms with Crippen molar-refractivity contribution in [1.29, 1.82) is 0 Å². The molecule has 0 heterocycles. The molecule has 3 rings (SSSR count). The lowest BCUT2D eigenvalue weighted by Crippen LogP contribution is -2.39. The third kappa shape index (κ3) is 4.35. The largest absolute Gasteiger partial charge is 0.468 e. The number of Topliss-reactive ketones (excluding diaryl/α,β-unsaturated/α-hetero) is 2. The molecule has 0 aliphatic heterocycles. The molecule has 0 fully saturated rings. The third-order valence-electron chi connectivity index (χ3n) is 5.96. The van der Waals surface area contributed by atoms with Crippen LogP contribution in [0.4, 0.5) is 4.39 Å². The Hall–Kier alpha value is -2.82. The number of carbonyl (C=O) groups excluding carboxylic acids is 3. The first-order chi connectivity index (χ1) is 14.3. The molecule has 4 nitrogen and oxygen atoms in total. The van der Waals surface area contributed by atoms with Gasteiger partial charge in [0, 0.05) is 23.3 Å². The Bertz CT molecular complexity index is 932. The molecule has 30 heavy (non-hydrogen) atoms. The summed E-state index contributed by atoms with van der Waals surface area (Å²) in [4.78, 5) is 39.5. The van der Waals surface area contributed by atoms with Crippen LogP contribution in [0.25, 0.3) is 0 Å². The summed E-state index contributed by atoms with van der Waals surface area (Å²) in [5, 5.41) is 0. The first-order valence-electron chi connectivity index (χ1n) is 10.3. The Morgan fingerprint density at radius 2 is 1.73 bits per heavy atom. The highest BCUT2D eigenvalue weighted by atomic mass is 19.1. The van der Waals surface area contributed by atoms with E-state index in [2.05, 4.69) is 0 Å². The van der Waals surface area contributed by atoms with Crippen LogP contribution in [0, 0.1) is 23.6 Å². The predicted molar refractivity (Wildman–Crippen MR) is 112 cm³/mol. The number of halogens is 1. The molecule has 0 bridgehead atoms. The fraction of sp³-hybridized carbons (Fsp3) is 0.400. The Labute approximate surface area is 176 Å². The lowest BCUT2D eigenvalue weighted by atomic mass is 9.70.